The zero-order chi connectivity index (χ0) is 15.6. The van der Waals surface area contributed by atoms with E-state index in [0.717, 1.165) is 0 Å². The summed E-state index contributed by atoms with van der Waals surface area (Å²) in [6, 6.07) is 4.39. The molecule has 5 nitrogen and oxygen atoms in total. The van der Waals surface area contributed by atoms with Crippen molar-refractivity contribution in [3.63, 3.8) is 0 Å². The Morgan fingerprint density at radius 3 is 2.71 bits per heavy atom. The summed E-state index contributed by atoms with van der Waals surface area (Å²) < 4.78 is 0. The van der Waals surface area contributed by atoms with E-state index in [1.165, 1.54) is 4.90 Å². The number of amides is 2. The molecule has 1 aromatic rings. The van der Waals surface area contributed by atoms with E-state index in [0.29, 0.717) is 30.2 Å². The smallest absolute Gasteiger partial charge is 0.256 e. The van der Waals surface area contributed by atoms with Gasteiger partial charge in [-0.3, -0.25) is 9.59 Å². The molecule has 1 fully saturated rings. The van der Waals surface area contributed by atoms with Crippen LogP contribution in [0.2, 0.25) is 10.0 Å². The molecule has 0 spiro atoms. The van der Waals surface area contributed by atoms with Crippen LogP contribution in [-0.4, -0.2) is 61.4 Å². The Morgan fingerprint density at radius 2 is 2.05 bits per heavy atom. The summed E-state index contributed by atoms with van der Waals surface area (Å²) in [6.07, 6.45) is 0. The van der Waals surface area contributed by atoms with Gasteiger partial charge < -0.3 is 15.1 Å². The fourth-order valence-corrected chi connectivity index (χ4v) is 2.67. The van der Waals surface area contributed by atoms with Crippen molar-refractivity contribution < 1.29 is 9.59 Å². The van der Waals surface area contributed by atoms with Gasteiger partial charge in [-0.15, -0.1) is 0 Å². The summed E-state index contributed by atoms with van der Waals surface area (Å²) in [4.78, 5) is 28.0. The van der Waals surface area contributed by atoms with Crippen molar-refractivity contribution in [3.05, 3.63) is 33.8 Å². The van der Waals surface area contributed by atoms with Gasteiger partial charge in [0.25, 0.3) is 5.91 Å². The minimum Gasteiger partial charge on any atom is -0.347 e. The predicted octanol–water partition coefficient (Wildman–Crippen LogP) is 1.50. The summed E-state index contributed by atoms with van der Waals surface area (Å²) in [6.45, 7) is 1.52. The van der Waals surface area contributed by atoms with Crippen LogP contribution >= 0.6 is 23.2 Å². The van der Waals surface area contributed by atoms with E-state index < -0.39 is 6.04 Å². The first-order chi connectivity index (χ1) is 9.93. The average molecular weight is 330 g/mol. The van der Waals surface area contributed by atoms with Crippen LogP contribution in [0.4, 0.5) is 0 Å². The molecule has 1 aliphatic heterocycles. The van der Waals surface area contributed by atoms with Crippen molar-refractivity contribution in [1.82, 2.24) is 15.1 Å². The summed E-state index contributed by atoms with van der Waals surface area (Å²) in [5.41, 5.74) is 0.322. The Kier molecular flexibility index (Phi) is 5.08. The SMILES string of the molecule is CN(C)C(=O)C1CNCCN1C(=O)c1cccc(Cl)c1Cl. The number of carbonyl (C=O) groups excluding carboxylic acids is 2. The largest absolute Gasteiger partial charge is 0.347 e. The number of hydrogen-bond donors (Lipinski definition) is 1. The van der Waals surface area contributed by atoms with Crippen LogP contribution < -0.4 is 5.32 Å². The highest BCUT2D eigenvalue weighted by molar-refractivity contribution is 6.43. The Bertz CT molecular complexity index is 563. The molecule has 7 heteroatoms. The van der Waals surface area contributed by atoms with Crippen LogP contribution in [0.1, 0.15) is 10.4 Å². The van der Waals surface area contributed by atoms with Gasteiger partial charge in [0.1, 0.15) is 6.04 Å². The number of piperazine rings is 1. The van der Waals surface area contributed by atoms with Gasteiger partial charge in [-0.05, 0) is 12.1 Å². The Hall–Kier alpha value is -1.30. The molecule has 0 radical (unpaired) electrons. The van der Waals surface area contributed by atoms with Crippen molar-refractivity contribution in [3.8, 4) is 0 Å². The lowest BCUT2D eigenvalue weighted by Gasteiger charge is -2.36. The molecule has 0 aromatic heterocycles. The van der Waals surface area contributed by atoms with Crippen LogP contribution in [0.15, 0.2) is 18.2 Å². The molecule has 21 heavy (non-hydrogen) atoms. The standard InChI is InChI=1S/C14H17Cl2N3O2/c1-18(2)14(21)11-8-17-6-7-19(11)13(20)9-4-3-5-10(15)12(9)16/h3-5,11,17H,6-8H2,1-2H3. The van der Waals surface area contributed by atoms with Gasteiger partial charge >= 0.3 is 0 Å². The third-order valence-corrected chi connectivity index (χ3v) is 4.23. The first kappa shape index (κ1) is 16.1. The fourth-order valence-electron chi connectivity index (χ4n) is 2.29. The van der Waals surface area contributed by atoms with Gasteiger partial charge in [0, 0.05) is 33.7 Å². The minimum atomic E-state index is -0.531. The third-order valence-electron chi connectivity index (χ3n) is 3.41. The van der Waals surface area contributed by atoms with Gasteiger partial charge in [0.2, 0.25) is 5.91 Å². The van der Waals surface area contributed by atoms with Crippen LogP contribution in [0.25, 0.3) is 0 Å². The molecular formula is C14H17Cl2N3O2. The highest BCUT2D eigenvalue weighted by atomic mass is 35.5. The second kappa shape index (κ2) is 6.64. The van der Waals surface area contributed by atoms with Gasteiger partial charge in [0.05, 0.1) is 15.6 Å². The van der Waals surface area contributed by atoms with Crippen LogP contribution in [0, 0.1) is 0 Å². The Balaban J connectivity index is 2.31. The highest BCUT2D eigenvalue weighted by Gasteiger charge is 2.34. The summed E-state index contributed by atoms with van der Waals surface area (Å²) in [5, 5.41) is 3.68. The quantitative estimate of drug-likeness (QED) is 0.894. The van der Waals surface area contributed by atoms with Crippen molar-refractivity contribution in [2.24, 2.45) is 0 Å². The second-order valence-electron chi connectivity index (χ2n) is 5.05. The summed E-state index contributed by atoms with van der Waals surface area (Å²) in [5.74, 6) is -0.391. The first-order valence-corrected chi connectivity index (χ1v) is 7.36. The average Bonchev–Trinajstić information content (AvgIpc) is 2.48. The van der Waals surface area contributed by atoms with Crippen LogP contribution in [-0.2, 0) is 4.79 Å². The van der Waals surface area contributed by atoms with Crippen LogP contribution in [0.3, 0.4) is 0 Å². The maximum atomic E-state index is 12.7. The minimum absolute atomic E-state index is 0.117. The summed E-state index contributed by atoms with van der Waals surface area (Å²) >= 11 is 12.1. The maximum absolute atomic E-state index is 12.7. The first-order valence-electron chi connectivity index (χ1n) is 6.60. The molecule has 114 valence electrons. The monoisotopic (exact) mass is 329 g/mol. The molecule has 2 amide bonds. The normalized spacial score (nSPS) is 18.5. The molecule has 1 atom stereocenters. The molecule has 1 unspecified atom stereocenters. The number of rotatable bonds is 2. The van der Waals surface area contributed by atoms with E-state index in [2.05, 4.69) is 5.32 Å². The highest BCUT2D eigenvalue weighted by Crippen LogP contribution is 2.27. The molecule has 0 aliphatic carbocycles. The van der Waals surface area contributed by atoms with E-state index in [-0.39, 0.29) is 16.8 Å². The fraction of sp³-hybridized carbons (Fsp3) is 0.429. The molecule has 1 N–H and O–H groups in total. The molecule has 0 saturated carbocycles. The van der Waals surface area contributed by atoms with Crippen molar-refractivity contribution in [2.75, 3.05) is 33.7 Å². The maximum Gasteiger partial charge on any atom is 0.256 e. The molecule has 2 rings (SSSR count). The molecule has 0 bridgehead atoms. The topological polar surface area (TPSA) is 52.7 Å². The van der Waals surface area contributed by atoms with Gasteiger partial charge in [-0.1, -0.05) is 29.3 Å². The number of hydrogen-bond acceptors (Lipinski definition) is 3. The Labute approximate surface area is 133 Å². The van der Waals surface area contributed by atoms with Gasteiger partial charge in [-0.2, -0.15) is 0 Å². The van der Waals surface area contributed by atoms with Crippen LogP contribution in [0.5, 0.6) is 0 Å². The van der Waals surface area contributed by atoms with Crippen molar-refractivity contribution >= 4 is 35.0 Å². The molecule has 1 saturated heterocycles. The number of nitrogens with zero attached hydrogens (tertiary/aromatic N) is 2. The van der Waals surface area contributed by atoms with E-state index >= 15 is 0 Å². The van der Waals surface area contributed by atoms with Gasteiger partial charge in [0.15, 0.2) is 0 Å². The lowest BCUT2D eigenvalue weighted by molar-refractivity contribution is -0.134. The second-order valence-corrected chi connectivity index (χ2v) is 5.84. The Morgan fingerprint density at radius 1 is 1.33 bits per heavy atom. The lowest BCUT2D eigenvalue weighted by Crippen LogP contribution is -2.59. The number of likely N-dealkylation sites (N-methyl/N-ethyl adjacent to an activating group) is 1. The number of halogens is 2. The van der Waals surface area contributed by atoms with E-state index in [1.807, 2.05) is 0 Å². The zero-order valence-electron chi connectivity index (χ0n) is 11.9. The summed E-state index contributed by atoms with van der Waals surface area (Å²) in [7, 11) is 3.35. The number of benzene rings is 1. The molecule has 1 heterocycles. The van der Waals surface area contributed by atoms with E-state index in [1.54, 1.807) is 37.2 Å². The molecule has 1 aliphatic rings. The third kappa shape index (κ3) is 3.31. The molecular weight excluding hydrogens is 313 g/mol. The van der Waals surface area contributed by atoms with Crippen molar-refractivity contribution in [2.45, 2.75) is 6.04 Å². The molecule has 1 aromatic carbocycles. The van der Waals surface area contributed by atoms with E-state index in [4.69, 9.17) is 23.2 Å². The van der Waals surface area contributed by atoms with Crippen molar-refractivity contribution in [1.29, 1.82) is 0 Å². The number of nitrogens with one attached hydrogen (secondary N) is 1. The lowest BCUT2D eigenvalue weighted by atomic mass is 10.1. The predicted molar refractivity (Wildman–Crippen MR) is 82.9 cm³/mol. The van der Waals surface area contributed by atoms with Gasteiger partial charge in [-0.25, -0.2) is 0 Å². The number of carbonyl (C=O) groups is 2. The zero-order valence-corrected chi connectivity index (χ0v) is 13.4. The van der Waals surface area contributed by atoms with E-state index in [9.17, 15) is 9.59 Å².